The lowest BCUT2D eigenvalue weighted by molar-refractivity contribution is 0.0585. The van der Waals surface area contributed by atoms with Crippen LogP contribution >= 0.6 is 27.7 Å². The number of urea groups is 1. The summed E-state index contributed by atoms with van der Waals surface area (Å²) in [5, 5.41) is 3.09. The van der Waals surface area contributed by atoms with Gasteiger partial charge in [0.05, 0.1) is 4.87 Å². The summed E-state index contributed by atoms with van der Waals surface area (Å²) < 4.78 is 0.966. The summed E-state index contributed by atoms with van der Waals surface area (Å²) >= 11 is 5.29. The number of carbonyl (C=O) groups is 2. The first kappa shape index (κ1) is 21.2. The van der Waals surface area contributed by atoms with Gasteiger partial charge in [-0.15, -0.1) is 11.8 Å². The Morgan fingerprint density at radius 1 is 1.00 bits per heavy atom. The second kappa shape index (κ2) is 8.63. The van der Waals surface area contributed by atoms with Crippen molar-refractivity contribution in [2.45, 2.75) is 31.6 Å². The number of carbonyl (C=O) groups excluding carboxylic acids is 2. The Morgan fingerprint density at radius 2 is 1.63 bits per heavy atom. The molecule has 5 nitrogen and oxygen atoms in total. The fraction of sp³-hybridized carbons (Fsp3) is 0.391. The van der Waals surface area contributed by atoms with Crippen LogP contribution < -0.4 is 5.32 Å². The van der Waals surface area contributed by atoms with Crippen molar-refractivity contribution in [1.29, 1.82) is 0 Å². The molecular formula is C23H26BrN3O2S. The number of halogens is 1. The monoisotopic (exact) mass is 487 g/mol. The molecule has 1 spiro atoms. The Morgan fingerprint density at radius 3 is 2.27 bits per heavy atom. The molecule has 0 unspecified atom stereocenters. The van der Waals surface area contributed by atoms with Gasteiger partial charge in [0.1, 0.15) is 0 Å². The molecule has 1 N–H and O–H groups in total. The minimum atomic E-state index is -0.209. The highest BCUT2D eigenvalue weighted by Crippen LogP contribution is 2.44. The first-order valence-corrected chi connectivity index (χ1v) is 12.0. The lowest BCUT2D eigenvalue weighted by atomic mass is 10.0. The van der Waals surface area contributed by atoms with Crippen molar-refractivity contribution in [3.05, 3.63) is 63.6 Å². The van der Waals surface area contributed by atoms with E-state index in [2.05, 4.69) is 21.2 Å². The van der Waals surface area contributed by atoms with E-state index in [-0.39, 0.29) is 16.8 Å². The van der Waals surface area contributed by atoms with Crippen molar-refractivity contribution in [3.63, 3.8) is 0 Å². The smallest absolute Gasteiger partial charge is 0.321 e. The zero-order valence-corrected chi connectivity index (χ0v) is 19.7. The maximum absolute atomic E-state index is 13.2. The number of nitrogens with one attached hydrogen (secondary N) is 1. The number of likely N-dealkylation sites (tertiary alicyclic amines) is 1. The van der Waals surface area contributed by atoms with Gasteiger partial charge in [0, 0.05) is 41.1 Å². The molecule has 7 heteroatoms. The molecule has 0 aliphatic carbocycles. The molecule has 0 atom stereocenters. The molecule has 2 aromatic carbocycles. The van der Waals surface area contributed by atoms with Gasteiger partial charge in [-0.1, -0.05) is 34.1 Å². The number of thioether (sulfide) groups is 1. The summed E-state index contributed by atoms with van der Waals surface area (Å²) in [4.78, 5) is 29.7. The van der Waals surface area contributed by atoms with Crippen LogP contribution in [0.2, 0.25) is 0 Å². The Balaban J connectivity index is 1.43. The van der Waals surface area contributed by atoms with Crippen molar-refractivity contribution in [1.82, 2.24) is 9.80 Å². The molecule has 4 rings (SSSR count). The summed E-state index contributed by atoms with van der Waals surface area (Å²) in [5.41, 5.74) is 3.74. The van der Waals surface area contributed by atoms with Gasteiger partial charge in [-0.3, -0.25) is 4.79 Å². The summed E-state index contributed by atoms with van der Waals surface area (Å²) in [7, 11) is 0. The second-order valence-corrected chi connectivity index (χ2v) is 10.3. The first-order chi connectivity index (χ1) is 14.4. The maximum atomic E-state index is 13.2. The summed E-state index contributed by atoms with van der Waals surface area (Å²) in [5.74, 6) is 1.03. The lowest BCUT2D eigenvalue weighted by Gasteiger charge is -2.44. The van der Waals surface area contributed by atoms with E-state index < -0.39 is 0 Å². The van der Waals surface area contributed by atoms with E-state index in [0.29, 0.717) is 13.1 Å². The van der Waals surface area contributed by atoms with Crippen molar-refractivity contribution in [3.8, 4) is 0 Å². The van der Waals surface area contributed by atoms with Gasteiger partial charge in [-0.25, -0.2) is 4.79 Å². The predicted octanol–water partition coefficient (Wildman–Crippen LogP) is 5.28. The summed E-state index contributed by atoms with van der Waals surface area (Å²) in [6, 6.07) is 13.5. The van der Waals surface area contributed by atoms with Gasteiger partial charge in [-0.2, -0.15) is 0 Å². The minimum Gasteiger partial charge on any atom is -0.324 e. The summed E-state index contributed by atoms with van der Waals surface area (Å²) in [6.45, 7) is 6.07. The Labute approximate surface area is 190 Å². The predicted molar refractivity (Wildman–Crippen MR) is 126 cm³/mol. The zero-order chi connectivity index (χ0) is 21.3. The number of aryl methyl sites for hydroxylation is 2. The van der Waals surface area contributed by atoms with E-state index in [1.165, 1.54) is 0 Å². The van der Waals surface area contributed by atoms with E-state index in [4.69, 9.17) is 0 Å². The molecule has 2 aliphatic rings. The molecule has 2 fully saturated rings. The topological polar surface area (TPSA) is 52.7 Å². The molecule has 2 aromatic rings. The highest BCUT2D eigenvalue weighted by molar-refractivity contribution is 9.10. The number of nitrogens with zero attached hydrogens (tertiary/aromatic N) is 2. The first-order valence-electron chi connectivity index (χ1n) is 10.2. The average Bonchev–Trinajstić information content (AvgIpc) is 3.14. The third-order valence-corrected chi connectivity index (χ3v) is 8.14. The molecule has 30 heavy (non-hydrogen) atoms. The van der Waals surface area contributed by atoms with Crippen LogP contribution in [0.3, 0.4) is 0 Å². The quantitative estimate of drug-likeness (QED) is 0.626. The highest BCUT2D eigenvalue weighted by Gasteiger charge is 2.47. The lowest BCUT2D eigenvalue weighted by Crippen LogP contribution is -2.54. The van der Waals surface area contributed by atoms with E-state index in [1.54, 1.807) is 0 Å². The van der Waals surface area contributed by atoms with E-state index in [1.807, 2.05) is 77.9 Å². The molecule has 0 radical (unpaired) electrons. The van der Waals surface area contributed by atoms with Crippen LogP contribution in [0.5, 0.6) is 0 Å². The molecule has 2 saturated heterocycles. The maximum Gasteiger partial charge on any atom is 0.321 e. The minimum absolute atomic E-state index is 0.0592. The van der Waals surface area contributed by atoms with Crippen LogP contribution in [0.1, 0.15) is 34.3 Å². The molecule has 3 amide bonds. The number of anilines is 1. The largest absolute Gasteiger partial charge is 0.324 e. The van der Waals surface area contributed by atoms with Crippen LogP contribution in [-0.4, -0.2) is 52.0 Å². The van der Waals surface area contributed by atoms with Gasteiger partial charge in [0.15, 0.2) is 0 Å². The SMILES string of the molecule is Cc1cccc(C)c1NC(=O)N1CCC2(CC1)SCCN2C(=O)c1ccc(Br)cc1. The number of amides is 3. The average molecular weight is 488 g/mol. The normalized spacial score (nSPS) is 18.0. The van der Waals surface area contributed by atoms with Crippen molar-refractivity contribution in [2.75, 3.05) is 30.7 Å². The van der Waals surface area contributed by atoms with Crippen LogP contribution in [0.4, 0.5) is 10.5 Å². The van der Waals surface area contributed by atoms with Gasteiger partial charge in [0.2, 0.25) is 0 Å². The van der Waals surface area contributed by atoms with Crippen LogP contribution in [-0.2, 0) is 0 Å². The number of rotatable bonds is 2. The van der Waals surface area contributed by atoms with Crippen LogP contribution in [0.25, 0.3) is 0 Å². The molecule has 0 bridgehead atoms. The molecule has 2 aliphatic heterocycles. The standard InChI is InChI=1S/C23H26BrN3O2S/c1-16-4-3-5-17(2)20(16)25-22(29)26-12-10-23(11-13-26)27(14-15-30-23)21(28)18-6-8-19(24)9-7-18/h3-9H,10-15H2,1-2H3,(H,25,29). The molecule has 158 valence electrons. The van der Waals surface area contributed by atoms with Gasteiger partial charge in [0.25, 0.3) is 5.91 Å². The molecule has 2 heterocycles. The Hall–Kier alpha value is -1.99. The fourth-order valence-electron chi connectivity index (χ4n) is 4.31. The highest BCUT2D eigenvalue weighted by atomic mass is 79.9. The number of para-hydroxylation sites is 1. The number of hydrogen-bond donors (Lipinski definition) is 1. The van der Waals surface area contributed by atoms with E-state index >= 15 is 0 Å². The summed E-state index contributed by atoms with van der Waals surface area (Å²) in [6.07, 6.45) is 1.58. The number of benzene rings is 2. The third-order valence-electron chi connectivity index (χ3n) is 6.06. The number of piperidine rings is 1. The van der Waals surface area contributed by atoms with Crippen molar-refractivity contribution in [2.24, 2.45) is 0 Å². The second-order valence-electron chi connectivity index (χ2n) is 7.94. The van der Waals surface area contributed by atoms with Crippen LogP contribution in [0, 0.1) is 13.8 Å². The number of hydrogen-bond acceptors (Lipinski definition) is 3. The van der Waals surface area contributed by atoms with E-state index in [0.717, 1.165) is 52.0 Å². The van der Waals surface area contributed by atoms with Gasteiger partial charge >= 0.3 is 6.03 Å². The fourth-order valence-corrected chi connectivity index (χ4v) is 6.03. The van der Waals surface area contributed by atoms with Gasteiger partial charge < -0.3 is 15.1 Å². The van der Waals surface area contributed by atoms with Crippen LogP contribution in [0.15, 0.2) is 46.9 Å². The van der Waals surface area contributed by atoms with E-state index in [9.17, 15) is 9.59 Å². The molecule has 0 aromatic heterocycles. The third kappa shape index (κ3) is 4.10. The zero-order valence-electron chi connectivity index (χ0n) is 17.3. The molecule has 0 saturated carbocycles. The Kier molecular flexibility index (Phi) is 6.11. The van der Waals surface area contributed by atoms with Gasteiger partial charge in [-0.05, 0) is 62.1 Å². The van der Waals surface area contributed by atoms with Crippen molar-refractivity contribution < 1.29 is 9.59 Å². The molecular weight excluding hydrogens is 462 g/mol. The van der Waals surface area contributed by atoms with Crippen molar-refractivity contribution >= 4 is 45.3 Å². The Bertz CT molecular complexity index is 935.